The van der Waals surface area contributed by atoms with Gasteiger partial charge in [-0.1, -0.05) is 53.5 Å². The van der Waals surface area contributed by atoms with Crippen LogP contribution < -0.4 is 4.90 Å². The molecule has 0 radical (unpaired) electrons. The summed E-state index contributed by atoms with van der Waals surface area (Å²) in [5.41, 5.74) is -0.734. The van der Waals surface area contributed by atoms with E-state index < -0.39 is 39.8 Å². The predicted octanol–water partition coefficient (Wildman–Crippen LogP) is 5.67. The van der Waals surface area contributed by atoms with Gasteiger partial charge in [-0.15, -0.1) is 0 Å². The molecule has 0 spiro atoms. The van der Waals surface area contributed by atoms with Gasteiger partial charge in [0.25, 0.3) is 17.4 Å². The van der Waals surface area contributed by atoms with E-state index in [1.165, 1.54) is 54.6 Å². The third-order valence-corrected chi connectivity index (χ3v) is 5.90. The Morgan fingerprint density at radius 1 is 1.00 bits per heavy atom. The van der Waals surface area contributed by atoms with Crippen molar-refractivity contribution in [2.24, 2.45) is 0 Å². The van der Waals surface area contributed by atoms with Crippen LogP contribution in [0.1, 0.15) is 17.2 Å². The molecule has 0 aliphatic carbocycles. The van der Waals surface area contributed by atoms with Crippen LogP contribution in [0.2, 0.25) is 10.0 Å². The van der Waals surface area contributed by atoms with Gasteiger partial charge in [0.1, 0.15) is 11.6 Å². The lowest BCUT2D eigenvalue weighted by Crippen LogP contribution is -2.29. The number of amides is 1. The highest BCUT2D eigenvalue weighted by Crippen LogP contribution is 2.44. The molecule has 1 saturated heterocycles. The molecule has 3 aromatic carbocycles. The highest BCUT2D eigenvalue weighted by molar-refractivity contribution is 6.52. The number of halogens is 3. The second-order valence-electron chi connectivity index (χ2n) is 7.10. The fourth-order valence-electron chi connectivity index (χ4n) is 3.65. The van der Waals surface area contributed by atoms with Crippen LogP contribution >= 0.6 is 23.2 Å². The molecule has 3 aromatic rings. The molecule has 1 unspecified atom stereocenters. The third kappa shape index (κ3) is 3.94. The zero-order valence-corrected chi connectivity index (χ0v) is 18.0. The number of hydrogen-bond donors (Lipinski definition) is 1. The minimum absolute atomic E-state index is 0.0604. The van der Waals surface area contributed by atoms with Crippen LogP contribution in [0.3, 0.4) is 0 Å². The molecule has 1 heterocycles. The Kier molecular flexibility index (Phi) is 5.88. The molecule has 10 heteroatoms. The number of anilines is 1. The fourth-order valence-corrected chi connectivity index (χ4v) is 3.94. The van der Waals surface area contributed by atoms with Crippen molar-refractivity contribution < 1.29 is 24.0 Å². The molecular formula is C23H13Cl2FN2O5. The van der Waals surface area contributed by atoms with E-state index >= 15 is 0 Å². The summed E-state index contributed by atoms with van der Waals surface area (Å²) >= 11 is 12.1. The standard InChI is InChI=1S/C23H13Cl2FN2O5/c24-16-9-8-13(11-17(16)25)27-20(15-6-1-2-7-18(15)26)19(22(30)23(27)31)21(29)12-4-3-5-14(10-12)28(32)33/h1-11,20,29H/b21-19+. The van der Waals surface area contributed by atoms with Gasteiger partial charge in [0, 0.05) is 28.9 Å². The van der Waals surface area contributed by atoms with Gasteiger partial charge in [-0.25, -0.2) is 4.39 Å². The highest BCUT2D eigenvalue weighted by Gasteiger charge is 2.48. The molecule has 0 aromatic heterocycles. The maximum absolute atomic E-state index is 14.8. The van der Waals surface area contributed by atoms with Crippen LogP contribution in [0.15, 0.2) is 72.3 Å². The van der Waals surface area contributed by atoms with Crippen LogP contribution in [0.5, 0.6) is 0 Å². The average molecular weight is 487 g/mol. The van der Waals surface area contributed by atoms with E-state index in [4.69, 9.17) is 23.2 Å². The Balaban J connectivity index is 1.98. The first-order valence-corrected chi connectivity index (χ1v) is 10.2. The van der Waals surface area contributed by atoms with Crippen LogP contribution in [0.25, 0.3) is 5.76 Å². The van der Waals surface area contributed by atoms with Gasteiger partial charge in [-0.05, 0) is 24.3 Å². The van der Waals surface area contributed by atoms with Crippen molar-refractivity contribution in [3.8, 4) is 0 Å². The number of rotatable bonds is 4. The minimum atomic E-state index is -1.36. The monoisotopic (exact) mass is 486 g/mol. The van der Waals surface area contributed by atoms with E-state index in [1.807, 2.05) is 0 Å². The summed E-state index contributed by atoms with van der Waals surface area (Å²) < 4.78 is 14.8. The number of aliphatic hydroxyl groups excluding tert-OH is 1. The summed E-state index contributed by atoms with van der Waals surface area (Å²) in [6.07, 6.45) is 0. The summed E-state index contributed by atoms with van der Waals surface area (Å²) in [6.45, 7) is 0. The molecule has 1 N–H and O–H groups in total. The summed E-state index contributed by atoms with van der Waals surface area (Å²) in [7, 11) is 0. The Bertz CT molecular complexity index is 1360. The minimum Gasteiger partial charge on any atom is -0.507 e. The van der Waals surface area contributed by atoms with Crippen molar-refractivity contribution in [2.45, 2.75) is 6.04 Å². The van der Waals surface area contributed by atoms with E-state index in [2.05, 4.69) is 0 Å². The number of carbonyl (C=O) groups is 2. The SMILES string of the molecule is O=C1C(=O)N(c2ccc(Cl)c(Cl)c2)C(c2ccccc2F)/C1=C(\O)c1cccc([N+](=O)[O-])c1. The highest BCUT2D eigenvalue weighted by atomic mass is 35.5. The molecule has 0 bridgehead atoms. The average Bonchev–Trinajstić information content (AvgIpc) is 3.06. The maximum Gasteiger partial charge on any atom is 0.300 e. The van der Waals surface area contributed by atoms with E-state index in [1.54, 1.807) is 0 Å². The summed E-state index contributed by atoms with van der Waals surface area (Å²) in [5.74, 6) is -3.51. The maximum atomic E-state index is 14.8. The van der Waals surface area contributed by atoms with Crippen molar-refractivity contribution in [3.05, 3.63) is 109 Å². The van der Waals surface area contributed by atoms with E-state index in [0.29, 0.717) is 0 Å². The van der Waals surface area contributed by atoms with Crippen molar-refractivity contribution in [1.29, 1.82) is 0 Å². The van der Waals surface area contributed by atoms with Crippen LogP contribution in [-0.4, -0.2) is 21.7 Å². The van der Waals surface area contributed by atoms with E-state index in [9.17, 15) is 29.2 Å². The molecule has 33 heavy (non-hydrogen) atoms. The van der Waals surface area contributed by atoms with Crippen molar-refractivity contribution in [2.75, 3.05) is 4.90 Å². The van der Waals surface area contributed by atoms with Gasteiger partial charge in [0.05, 0.1) is 26.6 Å². The first-order chi connectivity index (χ1) is 15.7. The number of nitrogens with zero attached hydrogens (tertiary/aromatic N) is 2. The molecule has 1 fully saturated rings. The predicted molar refractivity (Wildman–Crippen MR) is 121 cm³/mol. The Morgan fingerprint density at radius 3 is 2.39 bits per heavy atom. The van der Waals surface area contributed by atoms with Gasteiger partial charge in [-0.2, -0.15) is 0 Å². The Labute approximate surface area is 196 Å². The van der Waals surface area contributed by atoms with Crippen molar-refractivity contribution in [3.63, 3.8) is 0 Å². The normalized spacial score (nSPS) is 17.4. The number of aliphatic hydroxyl groups is 1. The van der Waals surface area contributed by atoms with Crippen LogP contribution in [0, 0.1) is 15.9 Å². The van der Waals surface area contributed by atoms with Crippen molar-refractivity contribution in [1.82, 2.24) is 0 Å². The lowest BCUT2D eigenvalue weighted by atomic mass is 9.94. The molecule has 7 nitrogen and oxygen atoms in total. The quantitative estimate of drug-likeness (QED) is 0.168. The van der Waals surface area contributed by atoms with E-state index in [-0.39, 0.29) is 32.5 Å². The summed E-state index contributed by atoms with van der Waals surface area (Å²) in [6, 6.07) is 13.2. The number of benzene rings is 3. The van der Waals surface area contributed by atoms with Gasteiger partial charge in [-0.3, -0.25) is 24.6 Å². The summed E-state index contributed by atoms with van der Waals surface area (Å²) in [4.78, 5) is 37.6. The van der Waals surface area contributed by atoms with Gasteiger partial charge < -0.3 is 5.11 Å². The number of Topliss-reactive ketones (excluding diaryl/α,β-unsaturated/α-hetero) is 1. The molecular weight excluding hydrogens is 474 g/mol. The van der Waals surface area contributed by atoms with Crippen molar-refractivity contribution >= 4 is 52.0 Å². The van der Waals surface area contributed by atoms with Gasteiger partial charge in [0.2, 0.25) is 0 Å². The molecule has 1 amide bonds. The second kappa shape index (κ2) is 8.65. The number of nitro groups is 1. The van der Waals surface area contributed by atoms with E-state index in [0.717, 1.165) is 17.0 Å². The van der Waals surface area contributed by atoms with Crippen LogP contribution in [-0.2, 0) is 9.59 Å². The smallest absolute Gasteiger partial charge is 0.300 e. The Hall–Kier alpha value is -3.75. The lowest BCUT2D eigenvalue weighted by Gasteiger charge is -2.26. The lowest BCUT2D eigenvalue weighted by molar-refractivity contribution is -0.384. The summed E-state index contributed by atoms with van der Waals surface area (Å²) in [5, 5.41) is 22.4. The number of nitro benzene ring substituents is 1. The zero-order valence-electron chi connectivity index (χ0n) is 16.5. The first-order valence-electron chi connectivity index (χ1n) is 9.46. The molecule has 0 saturated carbocycles. The first kappa shape index (κ1) is 22.4. The number of hydrogen-bond acceptors (Lipinski definition) is 5. The molecule has 166 valence electrons. The molecule has 1 aliphatic heterocycles. The number of carbonyl (C=O) groups excluding carboxylic acids is 2. The molecule has 1 atom stereocenters. The second-order valence-corrected chi connectivity index (χ2v) is 7.91. The Morgan fingerprint density at radius 2 is 1.73 bits per heavy atom. The topological polar surface area (TPSA) is 101 Å². The van der Waals surface area contributed by atoms with Crippen LogP contribution in [0.4, 0.5) is 15.8 Å². The number of non-ortho nitro benzene ring substituents is 1. The zero-order chi connectivity index (χ0) is 23.9. The molecule has 4 rings (SSSR count). The fraction of sp³-hybridized carbons (Fsp3) is 0.0435. The third-order valence-electron chi connectivity index (χ3n) is 5.16. The number of ketones is 1. The van der Waals surface area contributed by atoms with Gasteiger partial charge >= 0.3 is 0 Å². The van der Waals surface area contributed by atoms with Gasteiger partial charge in [0.15, 0.2) is 0 Å². The largest absolute Gasteiger partial charge is 0.507 e. The molecule has 1 aliphatic rings.